The number of benzene rings is 1. The first-order valence-electron chi connectivity index (χ1n) is 6.23. The molecule has 112 valence electrons. The minimum absolute atomic E-state index is 0.192. The number of hydrogen-bond donors (Lipinski definition) is 1. The zero-order valence-electron chi connectivity index (χ0n) is 11.6. The van der Waals surface area contributed by atoms with E-state index in [1.807, 2.05) is 6.92 Å². The second-order valence-electron chi connectivity index (χ2n) is 4.07. The van der Waals surface area contributed by atoms with E-state index >= 15 is 0 Å². The number of thioether (sulfide) groups is 2. The zero-order valence-corrected chi connectivity index (χ0v) is 14.0. The summed E-state index contributed by atoms with van der Waals surface area (Å²) in [5.74, 6) is 0.647. The van der Waals surface area contributed by atoms with Gasteiger partial charge in [-0.1, -0.05) is 47.9 Å². The van der Waals surface area contributed by atoms with Crippen molar-refractivity contribution in [2.75, 3.05) is 16.8 Å². The Morgan fingerprint density at radius 1 is 1.33 bits per heavy atom. The van der Waals surface area contributed by atoms with Gasteiger partial charge in [-0.05, 0) is 30.4 Å². The molecule has 1 aromatic carbocycles. The number of halogens is 1. The van der Waals surface area contributed by atoms with E-state index in [1.54, 1.807) is 30.8 Å². The van der Waals surface area contributed by atoms with Gasteiger partial charge in [0.15, 0.2) is 8.68 Å². The van der Waals surface area contributed by atoms with Crippen molar-refractivity contribution < 1.29 is 9.18 Å². The smallest absolute Gasteiger partial charge is 0.234 e. The van der Waals surface area contributed by atoms with Gasteiger partial charge in [0.1, 0.15) is 5.82 Å². The van der Waals surface area contributed by atoms with Gasteiger partial charge in [0, 0.05) is 5.69 Å². The summed E-state index contributed by atoms with van der Waals surface area (Å²) in [6, 6.07) is 4.64. The summed E-state index contributed by atoms with van der Waals surface area (Å²) in [5.41, 5.74) is 1.01. The largest absolute Gasteiger partial charge is 0.325 e. The molecule has 0 saturated carbocycles. The van der Waals surface area contributed by atoms with Crippen LogP contribution in [-0.2, 0) is 4.79 Å². The first kappa shape index (κ1) is 16.3. The van der Waals surface area contributed by atoms with E-state index in [0.717, 1.165) is 14.4 Å². The predicted molar refractivity (Wildman–Crippen MR) is 86.8 cm³/mol. The van der Waals surface area contributed by atoms with Crippen molar-refractivity contribution in [3.05, 3.63) is 29.6 Å². The molecule has 1 N–H and O–H groups in total. The van der Waals surface area contributed by atoms with Crippen LogP contribution >= 0.6 is 34.9 Å². The van der Waals surface area contributed by atoms with E-state index in [-0.39, 0.29) is 17.5 Å². The molecule has 1 amide bonds. The molecule has 0 aliphatic rings. The Morgan fingerprint density at radius 3 is 2.71 bits per heavy atom. The van der Waals surface area contributed by atoms with Crippen molar-refractivity contribution in [2.24, 2.45) is 0 Å². The summed E-state index contributed by atoms with van der Waals surface area (Å²) in [4.78, 5) is 11.8. The Hall–Kier alpha value is -1.12. The third-order valence-electron chi connectivity index (χ3n) is 2.44. The van der Waals surface area contributed by atoms with Gasteiger partial charge in [-0.25, -0.2) is 4.39 Å². The van der Waals surface area contributed by atoms with Crippen LogP contribution in [0.1, 0.15) is 12.5 Å². The molecule has 0 unspecified atom stereocenters. The van der Waals surface area contributed by atoms with Gasteiger partial charge in [0.2, 0.25) is 5.91 Å². The quantitative estimate of drug-likeness (QED) is 0.808. The van der Waals surface area contributed by atoms with E-state index in [9.17, 15) is 9.18 Å². The van der Waals surface area contributed by atoms with Crippen LogP contribution in [0.2, 0.25) is 0 Å². The molecule has 4 nitrogen and oxygen atoms in total. The number of hydrogen-bond acceptors (Lipinski definition) is 6. The lowest BCUT2D eigenvalue weighted by molar-refractivity contribution is -0.113. The summed E-state index contributed by atoms with van der Waals surface area (Å²) >= 11 is 4.43. The standard InChI is InChI=1S/C13H14FN3OS3/c1-3-19-12-16-17-13(21-12)20-7-11(18)15-9-5-4-8(2)10(14)6-9/h4-6H,3,7H2,1-2H3,(H,15,18). The van der Waals surface area contributed by atoms with Gasteiger partial charge in [0.25, 0.3) is 0 Å². The highest BCUT2D eigenvalue weighted by molar-refractivity contribution is 8.03. The first-order chi connectivity index (χ1) is 10.1. The van der Waals surface area contributed by atoms with Crippen molar-refractivity contribution in [1.82, 2.24) is 10.2 Å². The average Bonchev–Trinajstić information content (AvgIpc) is 2.89. The number of aryl methyl sites for hydroxylation is 1. The number of aromatic nitrogens is 2. The third kappa shape index (κ3) is 4.98. The van der Waals surface area contributed by atoms with Gasteiger partial charge in [-0.3, -0.25) is 4.79 Å². The molecule has 0 atom stereocenters. The molecule has 2 aromatic rings. The summed E-state index contributed by atoms with van der Waals surface area (Å²) in [6.45, 7) is 3.73. The van der Waals surface area contributed by atoms with E-state index in [4.69, 9.17) is 0 Å². The molecule has 0 saturated heterocycles. The van der Waals surface area contributed by atoms with Crippen molar-refractivity contribution in [3.8, 4) is 0 Å². The Balaban J connectivity index is 1.85. The molecule has 2 rings (SSSR count). The molecule has 0 aliphatic carbocycles. The summed E-state index contributed by atoms with van der Waals surface area (Å²) < 4.78 is 15.0. The topological polar surface area (TPSA) is 54.9 Å². The second-order valence-corrected chi connectivity index (χ2v) is 7.78. The first-order valence-corrected chi connectivity index (χ1v) is 9.02. The molecule has 1 heterocycles. The predicted octanol–water partition coefficient (Wildman–Crippen LogP) is 3.83. The minimum Gasteiger partial charge on any atom is -0.325 e. The molecule has 8 heteroatoms. The van der Waals surface area contributed by atoms with Crippen LogP contribution in [0.25, 0.3) is 0 Å². The van der Waals surface area contributed by atoms with Gasteiger partial charge in [0.05, 0.1) is 5.75 Å². The van der Waals surface area contributed by atoms with Gasteiger partial charge in [-0.2, -0.15) is 0 Å². The number of carbonyl (C=O) groups excluding carboxylic acids is 1. The maximum Gasteiger partial charge on any atom is 0.234 e. The summed E-state index contributed by atoms with van der Waals surface area (Å²) in [6.07, 6.45) is 0. The molecular formula is C13H14FN3OS3. The van der Waals surface area contributed by atoms with E-state index in [2.05, 4.69) is 15.5 Å². The Morgan fingerprint density at radius 2 is 2.05 bits per heavy atom. The molecule has 0 spiro atoms. The van der Waals surface area contributed by atoms with Gasteiger partial charge < -0.3 is 5.32 Å². The molecule has 0 fully saturated rings. The molecular weight excluding hydrogens is 329 g/mol. The lowest BCUT2D eigenvalue weighted by Gasteiger charge is -2.05. The maximum atomic E-state index is 13.4. The second kappa shape index (κ2) is 7.77. The van der Waals surface area contributed by atoms with Crippen LogP contribution in [0.3, 0.4) is 0 Å². The van der Waals surface area contributed by atoms with E-state index in [0.29, 0.717) is 11.3 Å². The van der Waals surface area contributed by atoms with Gasteiger partial charge >= 0.3 is 0 Å². The Kier molecular flexibility index (Phi) is 6.01. The summed E-state index contributed by atoms with van der Waals surface area (Å²) in [7, 11) is 0. The number of rotatable bonds is 6. The molecule has 0 aliphatic heterocycles. The fourth-order valence-electron chi connectivity index (χ4n) is 1.43. The van der Waals surface area contributed by atoms with Crippen molar-refractivity contribution in [2.45, 2.75) is 22.5 Å². The lowest BCUT2D eigenvalue weighted by atomic mass is 10.2. The number of amides is 1. The van der Waals surface area contributed by atoms with Gasteiger partial charge in [-0.15, -0.1) is 10.2 Å². The normalized spacial score (nSPS) is 10.6. The lowest BCUT2D eigenvalue weighted by Crippen LogP contribution is -2.14. The monoisotopic (exact) mass is 343 g/mol. The Bertz CT molecular complexity index is 633. The van der Waals surface area contributed by atoms with Crippen molar-refractivity contribution in [3.63, 3.8) is 0 Å². The third-order valence-corrected chi connectivity index (χ3v) is 5.51. The van der Waals surface area contributed by atoms with Crippen LogP contribution < -0.4 is 5.32 Å². The van der Waals surface area contributed by atoms with Crippen LogP contribution in [0.4, 0.5) is 10.1 Å². The fraction of sp³-hybridized carbons (Fsp3) is 0.308. The number of anilines is 1. The molecule has 0 bridgehead atoms. The zero-order chi connectivity index (χ0) is 15.2. The maximum absolute atomic E-state index is 13.4. The van der Waals surface area contributed by atoms with Crippen LogP contribution in [0, 0.1) is 12.7 Å². The van der Waals surface area contributed by atoms with Crippen LogP contribution in [0.5, 0.6) is 0 Å². The summed E-state index contributed by atoms with van der Waals surface area (Å²) in [5, 5.41) is 10.7. The van der Waals surface area contributed by atoms with Crippen molar-refractivity contribution >= 4 is 46.5 Å². The Labute approximate surface area is 134 Å². The number of carbonyl (C=O) groups is 1. The number of nitrogens with one attached hydrogen (secondary N) is 1. The SMILES string of the molecule is CCSc1nnc(SCC(=O)Nc2ccc(C)c(F)c2)s1. The minimum atomic E-state index is -0.328. The molecule has 0 radical (unpaired) electrons. The molecule has 21 heavy (non-hydrogen) atoms. The molecule has 1 aromatic heterocycles. The van der Waals surface area contributed by atoms with E-state index in [1.165, 1.54) is 29.2 Å². The number of nitrogens with zero attached hydrogens (tertiary/aromatic N) is 2. The highest BCUT2D eigenvalue weighted by Gasteiger charge is 2.09. The van der Waals surface area contributed by atoms with Crippen LogP contribution in [0.15, 0.2) is 26.9 Å². The average molecular weight is 343 g/mol. The fourth-order valence-corrected chi connectivity index (χ4v) is 4.15. The van der Waals surface area contributed by atoms with E-state index < -0.39 is 0 Å². The van der Waals surface area contributed by atoms with Crippen LogP contribution in [-0.4, -0.2) is 27.6 Å². The van der Waals surface area contributed by atoms with Crippen molar-refractivity contribution in [1.29, 1.82) is 0 Å². The highest BCUT2D eigenvalue weighted by atomic mass is 32.2. The highest BCUT2D eigenvalue weighted by Crippen LogP contribution is 2.28.